The Kier molecular flexibility index (Phi) is 8.01. The van der Waals surface area contributed by atoms with E-state index in [1.54, 1.807) is 23.5 Å². The van der Waals surface area contributed by atoms with Crippen LogP contribution < -0.4 is 26.2 Å². The zero-order chi connectivity index (χ0) is 27.9. The van der Waals surface area contributed by atoms with E-state index in [1.807, 2.05) is 24.3 Å². The number of nitrogens with one attached hydrogen (secondary N) is 4. The number of fused-ring (bicyclic) bond motifs is 1. The Morgan fingerprint density at radius 3 is 2.62 bits per heavy atom. The molecule has 4 heterocycles. The first-order valence-corrected chi connectivity index (χ1v) is 16.7. The molecule has 1 amide bonds. The van der Waals surface area contributed by atoms with Crippen LogP contribution in [0.1, 0.15) is 23.8 Å². The standard InChI is InChI=1S/C27H34ClN7O3S2/c1-40(37,38)18-8-9-21(19(28)15-18)34-11-13-35(14-12-34)27-32-24(30-17-5-4-10-29-16-17)23(25(36)33-27)26-31-20-6-2-3-7-22(20)39-26/h2-3,6-9,15,17,23-24,27,29-30,32H,4-5,10-14,16H2,1H3,(H,33,36)/t17-,23?,24?,27?/m1/s1. The summed E-state index contributed by atoms with van der Waals surface area (Å²) in [4.78, 5) is 23.1. The number of benzene rings is 2. The van der Waals surface area contributed by atoms with Crippen LogP contribution in [-0.4, -0.2) is 88.2 Å². The van der Waals surface area contributed by atoms with Crippen LogP contribution in [0.4, 0.5) is 5.69 Å². The normalized spacial score (nSPS) is 26.6. The van der Waals surface area contributed by atoms with Crippen LogP contribution >= 0.6 is 22.9 Å². The van der Waals surface area contributed by atoms with Gasteiger partial charge in [-0.05, 0) is 49.7 Å². The molecule has 1 aromatic heterocycles. The lowest BCUT2D eigenvalue weighted by Gasteiger charge is -2.46. The molecule has 3 saturated heterocycles. The van der Waals surface area contributed by atoms with Crippen molar-refractivity contribution in [3.8, 4) is 0 Å². The predicted molar refractivity (Wildman–Crippen MR) is 159 cm³/mol. The van der Waals surface area contributed by atoms with E-state index in [4.69, 9.17) is 16.6 Å². The maximum absolute atomic E-state index is 13.7. The van der Waals surface area contributed by atoms with Crippen molar-refractivity contribution in [1.82, 2.24) is 31.2 Å². The van der Waals surface area contributed by atoms with Crippen molar-refractivity contribution < 1.29 is 13.2 Å². The topological polar surface area (TPSA) is 119 Å². The lowest BCUT2D eigenvalue weighted by molar-refractivity contribution is -0.129. The second-order valence-electron chi connectivity index (χ2n) is 10.7. The zero-order valence-electron chi connectivity index (χ0n) is 22.3. The number of aromatic nitrogens is 1. The number of nitrogens with zero attached hydrogens (tertiary/aromatic N) is 3. The molecule has 40 heavy (non-hydrogen) atoms. The number of amides is 1. The van der Waals surface area contributed by atoms with Gasteiger partial charge in [0.2, 0.25) is 5.91 Å². The Morgan fingerprint density at radius 1 is 1.12 bits per heavy atom. The predicted octanol–water partition coefficient (Wildman–Crippen LogP) is 1.93. The number of para-hydroxylation sites is 1. The number of hydrogen-bond acceptors (Lipinski definition) is 10. The van der Waals surface area contributed by atoms with E-state index in [2.05, 4.69) is 31.1 Å². The van der Waals surface area contributed by atoms with Crippen molar-refractivity contribution in [1.29, 1.82) is 0 Å². The molecule has 6 rings (SSSR count). The Labute approximate surface area is 243 Å². The first-order valence-electron chi connectivity index (χ1n) is 13.6. The quantitative estimate of drug-likeness (QED) is 0.335. The second-order valence-corrected chi connectivity index (χ2v) is 14.2. The van der Waals surface area contributed by atoms with Gasteiger partial charge < -0.3 is 15.5 Å². The van der Waals surface area contributed by atoms with Gasteiger partial charge in [-0.25, -0.2) is 13.4 Å². The summed E-state index contributed by atoms with van der Waals surface area (Å²) in [5, 5.41) is 15.3. The number of halogens is 1. The van der Waals surface area contributed by atoms with Gasteiger partial charge in [0.05, 0.1) is 32.0 Å². The number of piperidine rings is 1. The van der Waals surface area contributed by atoms with Crippen LogP contribution in [0.15, 0.2) is 47.4 Å². The molecule has 3 unspecified atom stereocenters. The minimum Gasteiger partial charge on any atom is -0.368 e. The van der Waals surface area contributed by atoms with Crippen molar-refractivity contribution in [3.63, 3.8) is 0 Å². The number of thiazole rings is 1. The summed E-state index contributed by atoms with van der Waals surface area (Å²) in [6.45, 7) is 4.67. The molecule has 10 nitrogen and oxygen atoms in total. The van der Waals surface area contributed by atoms with E-state index in [0.29, 0.717) is 31.2 Å². The Balaban J connectivity index is 1.17. The monoisotopic (exact) mass is 603 g/mol. The average molecular weight is 604 g/mol. The molecule has 4 N–H and O–H groups in total. The van der Waals surface area contributed by atoms with Crippen LogP contribution in [0.2, 0.25) is 5.02 Å². The van der Waals surface area contributed by atoms with Crippen LogP contribution in [0, 0.1) is 0 Å². The number of anilines is 1. The van der Waals surface area contributed by atoms with Crippen molar-refractivity contribution in [2.75, 3.05) is 50.4 Å². The van der Waals surface area contributed by atoms with Crippen LogP contribution in [0.3, 0.4) is 0 Å². The van der Waals surface area contributed by atoms with Crippen molar-refractivity contribution in [2.24, 2.45) is 0 Å². The summed E-state index contributed by atoms with van der Waals surface area (Å²) in [6.07, 6.45) is 2.75. The minimum atomic E-state index is -3.32. The highest BCUT2D eigenvalue weighted by Crippen LogP contribution is 2.32. The fourth-order valence-electron chi connectivity index (χ4n) is 5.75. The van der Waals surface area contributed by atoms with E-state index in [9.17, 15) is 13.2 Å². The smallest absolute Gasteiger partial charge is 0.235 e. The molecule has 2 aromatic carbocycles. The summed E-state index contributed by atoms with van der Waals surface area (Å²) in [6, 6.07) is 13.2. The highest BCUT2D eigenvalue weighted by Gasteiger charge is 2.42. The molecule has 3 aliphatic rings. The third-order valence-corrected chi connectivity index (χ3v) is 10.4. The molecule has 4 atom stereocenters. The number of sulfone groups is 1. The van der Waals surface area contributed by atoms with Gasteiger partial charge in [-0.1, -0.05) is 23.7 Å². The zero-order valence-corrected chi connectivity index (χ0v) is 24.7. The summed E-state index contributed by atoms with van der Waals surface area (Å²) >= 11 is 8.05. The van der Waals surface area contributed by atoms with Crippen LogP contribution in [0.5, 0.6) is 0 Å². The number of carbonyl (C=O) groups excluding carboxylic acids is 1. The molecule has 0 aliphatic carbocycles. The minimum absolute atomic E-state index is 0.0362. The maximum atomic E-state index is 13.7. The lowest BCUT2D eigenvalue weighted by Crippen LogP contribution is -2.72. The van der Waals surface area contributed by atoms with Gasteiger partial charge in [-0.2, -0.15) is 0 Å². The fourth-order valence-corrected chi connectivity index (χ4v) is 7.86. The van der Waals surface area contributed by atoms with Gasteiger partial charge in [0.15, 0.2) is 9.84 Å². The summed E-state index contributed by atoms with van der Waals surface area (Å²) in [5.41, 5.74) is 1.73. The molecule has 0 bridgehead atoms. The molecule has 0 saturated carbocycles. The lowest BCUT2D eigenvalue weighted by atomic mass is 10.00. The molecule has 214 valence electrons. The molecule has 3 aliphatic heterocycles. The van der Waals surface area contributed by atoms with E-state index in [1.165, 1.54) is 12.3 Å². The number of piperazine rings is 1. The fraction of sp³-hybridized carbons (Fsp3) is 0.481. The first-order chi connectivity index (χ1) is 19.3. The highest BCUT2D eigenvalue weighted by atomic mass is 35.5. The molecule has 3 aromatic rings. The maximum Gasteiger partial charge on any atom is 0.235 e. The van der Waals surface area contributed by atoms with Gasteiger partial charge in [0, 0.05) is 45.0 Å². The van der Waals surface area contributed by atoms with Crippen LogP contribution in [-0.2, 0) is 14.6 Å². The third kappa shape index (κ3) is 5.85. The Morgan fingerprint density at radius 2 is 1.93 bits per heavy atom. The molecule has 0 spiro atoms. The van der Waals surface area contributed by atoms with Crippen molar-refractivity contribution >= 4 is 54.6 Å². The number of hydrogen-bond donors (Lipinski definition) is 4. The van der Waals surface area contributed by atoms with Crippen molar-refractivity contribution in [2.45, 2.75) is 42.2 Å². The summed E-state index contributed by atoms with van der Waals surface area (Å²) in [7, 11) is -3.32. The molecule has 3 fully saturated rings. The first kappa shape index (κ1) is 27.8. The Bertz CT molecular complexity index is 1450. The number of rotatable bonds is 6. The van der Waals surface area contributed by atoms with Crippen LogP contribution in [0.25, 0.3) is 10.2 Å². The molecular formula is C27H34ClN7O3S2. The second kappa shape index (κ2) is 11.5. The van der Waals surface area contributed by atoms with Gasteiger partial charge in [-0.15, -0.1) is 11.3 Å². The van der Waals surface area contributed by atoms with E-state index >= 15 is 0 Å². The summed E-state index contributed by atoms with van der Waals surface area (Å²) in [5.74, 6) is -0.477. The summed E-state index contributed by atoms with van der Waals surface area (Å²) < 4.78 is 24.9. The average Bonchev–Trinajstić information content (AvgIpc) is 3.37. The molecule has 0 radical (unpaired) electrons. The number of carbonyl (C=O) groups is 1. The SMILES string of the molecule is CS(=O)(=O)c1ccc(N2CCN(C3NC(=O)C(c4nc5ccccc5s4)C(N[C@@H]4CCCNC4)N3)CC2)c(Cl)c1. The highest BCUT2D eigenvalue weighted by molar-refractivity contribution is 7.90. The molecular weight excluding hydrogens is 570 g/mol. The van der Waals surface area contributed by atoms with Gasteiger partial charge in [0.25, 0.3) is 0 Å². The Hall–Kier alpha value is -2.32. The molecule has 13 heteroatoms. The van der Waals surface area contributed by atoms with Gasteiger partial charge in [-0.3, -0.25) is 20.3 Å². The largest absolute Gasteiger partial charge is 0.368 e. The van der Waals surface area contributed by atoms with E-state index in [0.717, 1.165) is 46.8 Å². The van der Waals surface area contributed by atoms with Gasteiger partial charge >= 0.3 is 0 Å². The van der Waals surface area contributed by atoms with E-state index < -0.39 is 15.8 Å². The van der Waals surface area contributed by atoms with E-state index in [-0.39, 0.29) is 29.3 Å². The third-order valence-electron chi connectivity index (χ3n) is 7.89. The van der Waals surface area contributed by atoms with Gasteiger partial charge in [0.1, 0.15) is 17.2 Å². The van der Waals surface area contributed by atoms with Crippen molar-refractivity contribution in [3.05, 3.63) is 52.5 Å².